The Morgan fingerprint density at radius 1 is 1.47 bits per heavy atom. The van der Waals surface area contributed by atoms with Crippen LogP contribution in [0.3, 0.4) is 0 Å². The van der Waals surface area contributed by atoms with Crippen LogP contribution < -0.4 is 16.4 Å². The fraction of sp³-hybridized carbons (Fsp3) is 0.500. The van der Waals surface area contributed by atoms with Gasteiger partial charge in [0.05, 0.1) is 11.7 Å². The van der Waals surface area contributed by atoms with E-state index in [0.717, 1.165) is 25.1 Å². The normalized spacial score (nSPS) is 23.4. The summed E-state index contributed by atoms with van der Waals surface area (Å²) in [5.41, 5.74) is 12.9. The summed E-state index contributed by atoms with van der Waals surface area (Å²) in [5, 5.41) is 0. The van der Waals surface area contributed by atoms with Gasteiger partial charge >= 0.3 is 0 Å². The molecule has 1 fully saturated rings. The summed E-state index contributed by atoms with van der Waals surface area (Å²) in [6.07, 6.45) is 2.28. The number of hydrogen-bond donors (Lipinski definition) is 2. The average molecular weight is 263 g/mol. The molecular weight excluding hydrogens is 242 g/mol. The van der Waals surface area contributed by atoms with Crippen LogP contribution in [0.25, 0.3) is 0 Å². The lowest BCUT2D eigenvalue weighted by atomic mass is 9.99. The Labute approximate surface area is 113 Å². The molecule has 2 unspecified atom stereocenters. The zero-order valence-electron chi connectivity index (χ0n) is 11.4. The molecule has 1 saturated heterocycles. The molecule has 1 amide bonds. The van der Waals surface area contributed by atoms with Crippen LogP contribution in [0.15, 0.2) is 18.2 Å². The maximum atomic E-state index is 11.3. The predicted octanol–water partition coefficient (Wildman–Crippen LogP) is 1.37. The number of carbonyl (C=O) groups is 1. The monoisotopic (exact) mass is 263 g/mol. The SMILES string of the molecule is COC1CCN(c2ccc(N)c(C(N)=O)c2)C(C)C1. The van der Waals surface area contributed by atoms with Gasteiger partial charge in [-0.3, -0.25) is 4.79 Å². The number of nitrogen functional groups attached to an aromatic ring is 1. The van der Waals surface area contributed by atoms with Crippen molar-refractivity contribution in [2.24, 2.45) is 5.73 Å². The summed E-state index contributed by atoms with van der Waals surface area (Å²) in [6.45, 7) is 3.06. The molecular formula is C14H21N3O2. The van der Waals surface area contributed by atoms with E-state index >= 15 is 0 Å². The number of amides is 1. The Morgan fingerprint density at radius 3 is 2.79 bits per heavy atom. The fourth-order valence-corrected chi connectivity index (χ4v) is 2.66. The molecule has 0 bridgehead atoms. The number of nitrogens with zero attached hydrogens (tertiary/aromatic N) is 1. The number of benzene rings is 1. The van der Waals surface area contributed by atoms with E-state index < -0.39 is 5.91 Å². The van der Waals surface area contributed by atoms with E-state index in [9.17, 15) is 4.79 Å². The molecule has 0 spiro atoms. The van der Waals surface area contributed by atoms with Gasteiger partial charge in [-0.05, 0) is 38.0 Å². The standard InChI is InChI=1S/C14H21N3O2/c1-9-7-11(19-2)5-6-17(9)10-3-4-13(15)12(8-10)14(16)18/h3-4,8-9,11H,5-7,15H2,1-2H3,(H2,16,18). The summed E-state index contributed by atoms with van der Waals surface area (Å²) >= 11 is 0. The number of hydrogen-bond acceptors (Lipinski definition) is 4. The Bertz CT molecular complexity index is 476. The van der Waals surface area contributed by atoms with E-state index in [1.807, 2.05) is 6.07 Å². The summed E-state index contributed by atoms with van der Waals surface area (Å²) in [6, 6.07) is 5.82. The van der Waals surface area contributed by atoms with Crippen LogP contribution in [0.5, 0.6) is 0 Å². The second kappa shape index (κ2) is 5.48. The van der Waals surface area contributed by atoms with Gasteiger partial charge in [-0.2, -0.15) is 0 Å². The van der Waals surface area contributed by atoms with Crippen molar-refractivity contribution in [3.8, 4) is 0 Å². The number of ether oxygens (including phenoxy) is 1. The van der Waals surface area contributed by atoms with Crippen LogP contribution in [-0.4, -0.2) is 31.7 Å². The van der Waals surface area contributed by atoms with E-state index in [4.69, 9.17) is 16.2 Å². The van der Waals surface area contributed by atoms with Crippen molar-refractivity contribution in [1.29, 1.82) is 0 Å². The summed E-state index contributed by atoms with van der Waals surface area (Å²) < 4.78 is 5.41. The first kappa shape index (κ1) is 13.7. The van der Waals surface area contributed by atoms with E-state index in [1.165, 1.54) is 0 Å². The molecule has 1 aliphatic heterocycles. The topological polar surface area (TPSA) is 81.6 Å². The number of nitrogens with two attached hydrogens (primary N) is 2. The molecule has 2 rings (SSSR count). The third-order valence-electron chi connectivity index (χ3n) is 3.80. The van der Waals surface area contributed by atoms with E-state index in [1.54, 1.807) is 19.2 Å². The first-order valence-electron chi connectivity index (χ1n) is 6.51. The van der Waals surface area contributed by atoms with Crippen molar-refractivity contribution >= 4 is 17.3 Å². The Morgan fingerprint density at radius 2 is 2.21 bits per heavy atom. The van der Waals surface area contributed by atoms with Crippen molar-refractivity contribution in [3.63, 3.8) is 0 Å². The second-order valence-electron chi connectivity index (χ2n) is 5.06. The summed E-state index contributed by atoms with van der Waals surface area (Å²) in [4.78, 5) is 13.6. The molecule has 0 aromatic heterocycles. The first-order valence-corrected chi connectivity index (χ1v) is 6.51. The zero-order valence-corrected chi connectivity index (χ0v) is 11.4. The van der Waals surface area contributed by atoms with Crippen LogP contribution in [-0.2, 0) is 4.74 Å². The highest BCUT2D eigenvalue weighted by molar-refractivity contribution is 5.99. The van der Waals surface area contributed by atoms with Gasteiger partial charge in [-0.15, -0.1) is 0 Å². The molecule has 0 radical (unpaired) electrons. The summed E-state index contributed by atoms with van der Waals surface area (Å²) in [7, 11) is 1.75. The van der Waals surface area contributed by atoms with E-state index in [2.05, 4.69) is 11.8 Å². The Kier molecular flexibility index (Phi) is 3.95. The van der Waals surface area contributed by atoms with Crippen LogP contribution in [0.4, 0.5) is 11.4 Å². The van der Waals surface area contributed by atoms with Gasteiger partial charge in [0.15, 0.2) is 0 Å². The van der Waals surface area contributed by atoms with E-state index in [-0.39, 0.29) is 0 Å². The van der Waals surface area contributed by atoms with Crippen LogP contribution in [0, 0.1) is 0 Å². The molecule has 2 atom stereocenters. The van der Waals surface area contributed by atoms with Crippen molar-refractivity contribution in [2.45, 2.75) is 31.9 Å². The third-order valence-corrected chi connectivity index (χ3v) is 3.80. The minimum atomic E-state index is -0.487. The largest absolute Gasteiger partial charge is 0.398 e. The molecule has 0 saturated carbocycles. The molecule has 1 aromatic carbocycles. The number of rotatable bonds is 3. The van der Waals surface area contributed by atoms with Crippen LogP contribution in [0.1, 0.15) is 30.1 Å². The minimum absolute atomic E-state index is 0.315. The maximum Gasteiger partial charge on any atom is 0.250 e. The lowest BCUT2D eigenvalue weighted by Gasteiger charge is -2.39. The molecule has 4 N–H and O–H groups in total. The van der Waals surface area contributed by atoms with Gasteiger partial charge in [-0.1, -0.05) is 0 Å². The number of primary amides is 1. The minimum Gasteiger partial charge on any atom is -0.398 e. The lowest BCUT2D eigenvalue weighted by molar-refractivity contribution is 0.0721. The second-order valence-corrected chi connectivity index (χ2v) is 5.06. The molecule has 1 aliphatic rings. The van der Waals surface area contributed by atoms with Crippen molar-refractivity contribution in [1.82, 2.24) is 0 Å². The highest BCUT2D eigenvalue weighted by Gasteiger charge is 2.26. The van der Waals surface area contributed by atoms with Crippen LogP contribution in [0.2, 0.25) is 0 Å². The van der Waals surface area contributed by atoms with Gasteiger partial charge in [-0.25, -0.2) is 0 Å². The zero-order chi connectivity index (χ0) is 14.0. The number of carbonyl (C=O) groups excluding carboxylic acids is 1. The van der Waals surface area contributed by atoms with Crippen molar-refractivity contribution in [2.75, 3.05) is 24.3 Å². The van der Waals surface area contributed by atoms with Gasteiger partial charge in [0, 0.05) is 31.1 Å². The maximum absolute atomic E-state index is 11.3. The highest BCUT2D eigenvalue weighted by Crippen LogP contribution is 2.28. The number of piperidine rings is 1. The Balaban J connectivity index is 2.23. The fourth-order valence-electron chi connectivity index (χ4n) is 2.66. The summed E-state index contributed by atoms with van der Waals surface area (Å²) in [5.74, 6) is -0.487. The predicted molar refractivity (Wildman–Crippen MR) is 76.2 cm³/mol. The van der Waals surface area contributed by atoms with Gasteiger partial charge in [0.1, 0.15) is 0 Å². The third kappa shape index (κ3) is 2.81. The molecule has 5 heteroatoms. The molecule has 0 aliphatic carbocycles. The van der Waals surface area contributed by atoms with E-state index in [0.29, 0.717) is 23.4 Å². The lowest BCUT2D eigenvalue weighted by Crippen LogP contribution is -2.43. The number of anilines is 2. The van der Waals surface area contributed by atoms with Gasteiger partial charge in [0.2, 0.25) is 0 Å². The molecule has 1 heterocycles. The number of methoxy groups -OCH3 is 1. The van der Waals surface area contributed by atoms with Crippen LogP contribution >= 0.6 is 0 Å². The highest BCUT2D eigenvalue weighted by atomic mass is 16.5. The van der Waals surface area contributed by atoms with Crippen molar-refractivity contribution < 1.29 is 9.53 Å². The molecule has 19 heavy (non-hydrogen) atoms. The molecule has 1 aromatic rings. The average Bonchev–Trinajstić information content (AvgIpc) is 2.39. The molecule has 104 valence electrons. The Hall–Kier alpha value is -1.75. The molecule has 5 nitrogen and oxygen atoms in total. The first-order chi connectivity index (χ1) is 9.02. The van der Waals surface area contributed by atoms with Gasteiger partial charge in [0.25, 0.3) is 5.91 Å². The van der Waals surface area contributed by atoms with Crippen molar-refractivity contribution in [3.05, 3.63) is 23.8 Å². The smallest absolute Gasteiger partial charge is 0.250 e. The quantitative estimate of drug-likeness (QED) is 0.807. The van der Waals surface area contributed by atoms with Gasteiger partial charge < -0.3 is 21.1 Å².